The first-order valence-electron chi connectivity index (χ1n) is 8.57. The number of carbonyl (C=O) groups excluding carboxylic acids is 1. The van der Waals surface area contributed by atoms with E-state index in [0.717, 1.165) is 24.5 Å². The zero-order valence-corrected chi connectivity index (χ0v) is 14.5. The molecular formula is C19H19N5O2. The van der Waals surface area contributed by atoms with Crippen LogP contribution in [0.5, 0.6) is 0 Å². The van der Waals surface area contributed by atoms with Gasteiger partial charge in [-0.05, 0) is 43.3 Å². The molecule has 7 heteroatoms. The van der Waals surface area contributed by atoms with Crippen molar-refractivity contribution in [2.24, 2.45) is 0 Å². The average molecular weight is 349 g/mol. The van der Waals surface area contributed by atoms with Gasteiger partial charge in [0.1, 0.15) is 5.82 Å². The van der Waals surface area contributed by atoms with Crippen LogP contribution in [0, 0.1) is 6.92 Å². The summed E-state index contributed by atoms with van der Waals surface area (Å²) >= 11 is 0. The van der Waals surface area contributed by atoms with E-state index in [1.165, 1.54) is 0 Å². The van der Waals surface area contributed by atoms with Crippen LogP contribution < -0.4 is 4.90 Å². The summed E-state index contributed by atoms with van der Waals surface area (Å²) in [7, 11) is 0. The van der Waals surface area contributed by atoms with E-state index in [4.69, 9.17) is 4.52 Å². The topological polar surface area (TPSA) is 75.4 Å². The fraction of sp³-hybridized carbons (Fsp3) is 0.263. The van der Waals surface area contributed by atoms with Gasteiger partial charge >= 0.3 is 0 Å². The van der Waals surface area contributed by atoms with Gasteiger partial charge in [-0.25, -0.2) is 4.98 Å². The van der Waals surface area contributed by atoms with Crippen molar-refractivity contribution >= 4 is 11.7 Å². The second-order valence-corrected chi connectivity index (χ2v) is 6.19. The Morgan fingerprint density at radius 3 is 2.42 bits per heavy atom. The maximum Gasteiger partial charge on any atom is 0.257 e. The van der Waals surface area contributed by atoms with Crippen molar-refractivity contribution in [2.45, 2.75) is 6.92 Å². The zero-order valence-electron chi connectivity index (χ0n) is 14.5. The van der Waals surface area contributed by atoms with Crippen molar-refractivity contribution in [2.75, 3.05) is 31.1 Å². The lowest BCUT2D eigenvalue weighted by Crippen LogP contribution is -2.49. The van der Waals surface area contributed by atoms with Crippen molar-refractivity contribution in [1.29, 1.82) is 0 Å². The Hall–Kier alpha value is -3.22. The van der Waals surface area contributed by atoms with Gasteiger partial charge < -0.3 is 14.3 Å². The molecule has 1 amide bonds. The standard InChI is InChI=1S/C19H19N5O2/c1-14-21-18(26-22-14)15-5-7-16(8-6-15)19(25)24-12-10-23(11-13-24)17-4-2-3-9-20-17/h2-9H,10-13H2,1H3. The molecule has 0 N–H and O–H groups in total. The van der Waals surface area contributed by atoms with Gasteiger partial charge in [-0.2, -0.15) is 4.98 Å². The van der Waals surface area contributed by atoms with E-state index in [2.05, 4.69) is 20.0 Å². The number of anilines is 1. The number of nitrogens with zero attached hydrogens (tertiary/aromatic N) is 5. The number of hydrogen-bond donors (Lipinski definition) is 0. The van der Waals surface area contributed by atoms with E-state index >= 15 is 0 Å². The summed E-state index contributed by atoms with van der Waals surface area (Å²) < 4.78 is 5.15. The van der Waals surface area contributed by atoms with Crippen molar-refractivity contribution in [1.82, 2.24) is 20.0 Å². The van der Waals surface area contributed by atoms with Crippen molar-refractivity contribution < 1.29 is 9.32 Å². The molecule has 0 atom stereocenters. The molecule has 0 bridgehead atoms. The van der Waals surface area contributed by atoms with Gasteiger partial charge in [0.15, 0.2) is 5.82 Å². The van der Waals surface area contributed by atoms with E-state index in [1.807, 2.05) is 47.4 Å². The van der Waals surface area contributed by atoms with E-state index < -0.39 is 0 Å². The molecule has 4 rings (SSSR count). The quantitative estimate of drug-likeness (QED) is 0.723. The minimum atomic E-state index is 0.0407. The van der Waals surface area contributed by atoms with Crippen LogP contribution >= 0.6 is 0 Å². The molecule has 2 aromatic heterocycles. The number of pyridine rings is 1. The highest BCUT2D eigenvalue weighted by atomic mass is 16.5. The molecule has 7 nitrogen and oxygen atoms in total. The Morgan fingerprint density at radius 2 is 1.81 bits per heavy atom. The summed E-state index contributed by atoms with van der Waals surface area (Å²) in [5, 5.41) is 3.79. The predicted molar refractivity (Wildman–Crippen MR) is 96.8 cm³/mol. The molecule has 132 valence electrons. The lowest BCUT2D eigenvalue weighted by Gasteiger charge is -2.35. The highest BCUT2D eigenvalue weighted by molar-refractivity contribution is 5.94. The van der Waals surface area contributed by atoms with Gasteiger partial charge in [-0.3, -0.25) is 4.79 Å². The Morgan fingerprint density at radius 1 is 1.04 bits per heavy atom. The Labute approximate surface area is 151 Å². The molecule has 0 spiro atoms. The number of carbonyl (C=O) groups is 1. The molecule has 1 aliphatic heterocycles. The Balaban J connectivity index is 1.40. The van der Waals surface area contributed by atoms with Crippen molar-refractivity contribution in [3.05, 3.63) is 60.0 Å². The monoisotopic (exact) mass is 349 g/mol. The van der Waals surface area contributed by atoms with Gasteiger partial charge in [0.25, 0.3) is 11.8 Å². The number of aromatic nitrogens is 3. The molecular weight excluding hydrogens is 330 g/mol. The molecule has 1 fully saturated rings. The van der Waals surface area contributed by atoms with Gasteiger partial charge in [-0.15, -0.1) is 0 Å². The summed E-state index contributed by atoms with van der Waals surface area (Å²) in [5.41, 5.74) is 1.47. The van der Waals surface area contributed by atoms with Crippen LogP contribution in [0.15, 0.2) is 53.2 Å². The lowest BCUT2D eigenvalue weighted by atomic mass is 10.1. The summed E-state index contributed by atoms with van der Waals surface area (Å²) in [4.78, 5) is 25.4. The zero-order chi connectivity index (χ0) is 17.9. The molecule has 3 aromatic rings. The lowest BCUT2D eigenvalue weighted by molar-refractivity contribution is 0.0746. The third-order valence-electron chi connectivity index (χ3n) is 4.45. The molecule has 0 radical (unpaired) electrons. The van der Waals surface area contributed by atoms with Crippen LogP contribution in [0.2, 0.25) is 0 Å². The summed E-state index contributed by atoms with van der Waals surface area (Å²) in [6.07, 6.45) is 1.79. The molecule has 1 aromatic carbocycles. The van der Waals surface area contributed by atoms with E-state index in [-0.39, 0.29) is 5.91 Å². The molecule has 0 aliphatic carbocycles. The number of piperazine rings is 1. The highest BCUT2D eigenvalue weighted by Crippen LogP contribution is 2.19. The molecule has 1 saturated heterocycles. The normalized spacial score (nSPS) is 14.5. The van der Waals surface area contributed by atoms with Crippen LogP contribution in [-0.2, 0) is 0 Å². The van der Waals surface area contributed by atoms with Crippen LogP contribution in [0.25, 0.3) is 11.5 Å². The fourth-order valence-electron chi connectivity index (χ4n) is 3.03. The first kappa shape index (κ1) is 16.3. The number of benzene rings is 1. The Kier molecular flexibility index (Phi) is 4.35. The predicted octanol–water partition coefficient (Wildman–Crippen LogP) is 2.40. The molecule has 0 saturated carbocycles. The summed E-state index contributed by atoms with van der Waals surface area (Å²) in [6.45, 7) is 4.69. The van der Waals surface area contributed by atoms with Crippen LogP contribution in [0.1, 0.15) is 16.2 Å². The van der Waals surface area contributed by atoms with Gasteiger partial charge in [0, 0.05) is 43.5 Å². The second kappa shape index (κ2) is 6.95. The first-order valence-corrected chi connectivity index (χ1v) is 8.57. The minimum absolute atomic E-state index is 0.0407. The van der Waals surface area contributed by atoms with Gasteiger partial charge in [0.05, 0.1) is 0 Å². The van der Waals surface area contributed by atoms with Gasteiger partial charge in [-0.1, -0.05) is 11.2 Å². The molecule has 1 aliphatic rings. The molecule has 26 heavy (non-hydrogen) atoms. The van der Waals surface area contributed by atoms with Crippen molar-refractivity contribution in [3.63, 3.8) is 0 Å². The second-order valence-electron chi connectivity index (χ2n) is 6.19. The number of hydrogen-bond acceptors (Lipinski definition) is 6. The van der Waals surface area contributed by atoms with E-state index in [9.17, 15) is 4.79 Å². The van der Waals surface area contributed by atoms with Crippen LogP contribution in [0.3, 0.4) is 0 Å². The van der Waals surface area contributed by atoms with Crippen LogP contribution in [0.4, 0.5) is 5.82 Å². The first-order chi connectivity index (χ1) is 12.7. The van der Waals surface area contributed by atoms with Crippen molar-refractivity contribution in [3.8, 4) is 11.5 Å². The number of aryl methyl sites for hydroxylation is 1. The van der Waals surface area contributed by atoms with Crippen LogP contribution in [-0.4, -0.2) is 52.1 Å². The largest absolute Gasteiger partial charge is 0.353 e. The smallest absolute Gasteiger partial charge is 0.257 e. The number of amides is 1. The highest BCUT2D eigenvalue weighted by Gasteiger charge is 2.22. The molecule has 0 unspecified atom stereocenters. The van der Waals surface area contributed by atoms with Gasteiger partial charge in [0.2, 0.25) is 0 Å². The minimum Gasteiger partial charge on any atom is -0.353 e. The fourth-order valence-corrected chi connectivity index (χ4v) is 3.03. The third-order valence-corrected chi connectivity index (χ3v) is 4.45. The maximum absolute atomic E-state index is 12.7. The van der Waals surface area contributed by atoms with E-state index in [1.54, 1.807) is 13.1 Å². The molecule has 3 heterocycles. The summed E-state index contributed by atoms with van der Waals surface area (Å²) in [5.74, 6) is 2.05. The Bertz CT molecular complexity index is 884. The number of rotatable bonds is 3. The van der Waals surface area contributed by atoms with E-state index in [0.29, 0.717) is 30.4 Å². The summed E-state index contributed by atoms with van der Waals surface area (Å²) in [6, 6.07) is 13.2. The average Bonchev–Trinajstić information content (AvgIpc) is 3.15. The third kappa shape index (κ3) is 3.28. The SMILES string of the molecule is Cc1noc(-c2ccc(C(=O)N3CCN(c4ccccn4)CC3)cc2)n1. The maximum atomic E-state index is 12.7.